The Bertz CT molecular complexity index is 1010. The summed E-state index contributed by atoms with van der Waals surface area (Å²) in [7, 11) is 0. The number of carbonyl (C=O) groups is 1. The van der Waals surface area contributed by atoms with Gasteiger partial charge in [-0.05, 0) is 43.5 Å². The Morgan fingerprint density at radius 1 is 1.28 bits per heavy atom. The summed E-state index contributed by atoms with van der Waals surface area (Å²) in [4.78, 5) is 11.7. The van der Waals surface area contributed by atoms with Crippen LogP contribution in [0.2, 0.25) is 0 Å². The van der Waals surface area contributed by atoms with Crippen LogP contribution in [0.5, 0.6) is 5.75 Å². The molecular weight excluding hydrogens is 346 g/mol. The van der Waals surface area contributed by atoms with Crippen molar-refractivity contribution in [3.8, 4) is 16.9 Å². The Labute approximate surface area is 146 Å². The zero-order chi connectivity index (χ0) is 17.7. The second-order valence-corrected chi connectivity index (χ2v) is 7.19. The van der Waals surface area contributed by atoms with Crippen molar-refractivity contribution in [1.29, 1.82) is 0 Å². The molecule has 1 atom stereocenters. The van der Waals surface area contributed by atoms with Gasteiger partial charge in [-0.2, -0.15) is 0 Å². The number of aryl methyl sites for hydroxylation is 1. The molecule has 0 aliphatic carbocycles. The van der Waals surface area contributed by atoms with E-state index < -0.39 is 17.6 Å². The Morgan fingerprint density at radius 3 is 2.84 bits per heavy atom. The number of halogens is 2. The number of ether oxygens (including phenoxy) is 1. The zero-order valence-corrected chi connectivity index (χ0v) is 14.1. The van der Waals surface area contributed by atoms with Crippen molar-refractivity contribution in [1.82, 2.24) is 0 Å². The highest BCUT2D eigenvalue weighted by molar-refractivity contribution is 7.21. The van der Waals surface area contributed by atoms with Gasteiger partial charge < -0.3 is 9.84 Å². The minimum atomic E-state index is -1.16. The largest absolute Gasteiger partial charge is 0.487 e. The lowest BCUT2D eigenvalue weighted by atomic mass is 9.95. The fraction of sp³-hybridized carbons (Fsp3) is 0.211. The third kappa shape index (κ3) is 2.57. The third-order valence-corrected chi connectivity index (χ3v) is 5.57. The molecule has 1 aliphatic rings. The average molecular weight is 360 g/mol. The molecule has 128 valence electrons. The summed E-state index contributed by atoms with van der Waals surface area (Å²) in [5.74, 6) is -1.99. The molecule has 4 rings (SSSR count). The van der Waals surface area contributed by atoms with Gasteiger partial charge in [0.05, 0.1) is 6.10 Å². The molecular formula is C19H14F2O3S. The van der Waals surface area contributed by atoms with Gasteiger partial charge in [0.25, 0.3) is 0 Å². The standard InChI is InChI=1S/C19H14F2O3S/c1-9-2-3-10-4-6-13(16(21)17(10)24-9)15-12-7-5-11(20)8-14(12)25-18(15)19(22)23/h4-9H,2-3H2,1H3,(H,22,23)/t9-/m1/s1. The molecule has 0 radical (unpaired) electrons. The van der Waals surface area contributed by atoms with Crippen molar-refractivity contribution in [2.24, 2.45) is 0 Å². The van der Waals surface area contributed by atoms with Crippen molar-refractivity contribution in [2.75, 3.05) is 0 Å². The summed E-state index contributed by atoms with van der Waals surface area (Å²) < 4.78 is 34.8. The lowest BCUT2D eigenvalue weighted by Gasteiger charge is -2.24. The quantitative estimate of drug-likeness (QED) is 0.678. The molecule has 6 heteroatoms. The molecule has 0 spiro atoms. The molecule has 1 aromatic heterocycles. The summed E-state index contributed by atoms with van der Waals surface area (Å²) in [6, 6.07) is 7.37. The van der Waals surface area contributed by atoms with E-state index >= 15 is 4.39 Å². The maximum Gasteiger partial charge on any atom is 0.346 e. The number of rotatable bonds is 2. The van der Waals surface area contributed by atoms with E-state index in [1.165, 1.54) is 18.2 Å². The Balaban J connectivity index is 2.00. The number of benzene rings is 2. The van der Waals surface area contributed by atoms with Gasteiger partial charge in [-0.25, -0.2) is 13.6 Å². The van der Waals surface area contributed by atoms with Crippen molar-refractivity contribution in [3.63, 3.8) is 0 Å². The van der Waals surface area contributed by atoms with Crippen LogP contribution in [0, 0.1) is 11.6 Å². The van der Waals surface area contributed by atoms with Crippen LogP contribution >= 0.6 is 11.3 Å². The number of carboxylic acid groups (broad SMARTS) is 1. The number of hydrogen-bond donors (Lipinski definition) is 1. The van der Waals surface area contributed by atoms with Crippen LogP contribution in [-0.4, -0.2) is 17.2 Å². The molecule has 0 unspecified atom stereocenters. The monoisotopic (exact) mass is 360 g/mol. The summed E-state index contributed by atoms with van der Waals surface area (Å²) in [6.45, 7) is 1.88. The van der Waals surface area contributed by atoms with Crippen LogP contribution in [0.25, 0.3) is 21.2 Å². The molecule has 3 nitrogen and oxygen atoms in total. The molecule has 0 saturated heterocycles. The summed E-state index contributed by atoms with van der Waals surface area (Å²) >= 11 is 0.941. The second kappa shape index (κ2) is 5.81. The molecule has 0 bridgehead atoms. The van der Waals surface area contributed by atoms with Gasteiger partial charge in [-0.3, -0.25) is 0 Å². The third-order valence-electron chi connectivity index (χ3n) is 4.43. The highest BCUT2D eigenvalue weighted by Crippen LogP contribution is 2.43. The van der Waals surface area contributed by atoms with Crippen molar-refractivity contribution in [3.05, 3.63) is 52.4 Å². The van der Waals surface area contributed by atoms with E-state index in [0.29, 0.717) is 10.1 Å². The number of fused-ring (bicyclic) bond motifs is 2. The smallest absolute Gasteiger partial charge is 0.346 e. The Hall–Kier alpha value is -2.47. The fourth-order valence-corrected chi connectivity index (χ4v) is 4.30. The normalized spacial score (nSPS) is 16.5. The minimum Gasteiger partial charge on any atom is -0.487 e. The lowest BCUT2D eigenvalue weighted by Crippen LogP contribution is -2.20. The van der Waals surface area contributed by atoms with Gasteiger partial charge in [0.15, 0.2) is 11.6 Å². The predicted octanol–water partition coefficient (Wildman–Crippen LogP) is 5.26. The lowest BCUT2D eigenvalue weighted by molar-refractivity contribution is 0.0703. The molecule has 0 saturated carbocycles. The number of carboxylic acids is 1. The first-order valence-corrected chi connectivity index (χ1v) is 8.71. The first kappa shape index (κ1) is 16.0. The van der Waals surface area contributed by atoms with Gasteiger partial charge in [0.1, 0.15) is 10.7 Å². The van der Waals surface area contributed by atoms with Gasteiger partial charge in [0, 0.05) is 21.2 Å². The Kier molecular flexibility index (Phi) is 3.72. The SMILES string of the molecule is C[C@@H]1CCc2ccc(-c3c(C(=O)O)sc4cc(F)ccc34)c(F)c2O1. The fourth-order valence-electron chi connectivity index (χ4n) is 3.22. The van der Waals surface area contributed by atoms with Crippen molar-refractivity contribution in [2.45, 2.75) is 25.9 Å². The van der Waals surface area contributed by atoms with Crippen molar-refractivity contribution < 1.29 is 23.4 Å². The van der Waals surface area contributed by atoms with E-state index in [1.54, 1.807) is 12.1 Å². The summed E-state index contributed by atoms with van der Waals surface area (Å²) in [5, 5.41) is 10.1. The van der Waals surface area contributed by atoms with E-state index in [2.05, 4.69) is 0 Å². The first-order chi connectivity index (χ1) is 12.0. The van der Waals surface area contributed by atoms with Crippen LogP contribution in [0.3, 0.4) is 0 Å². The van der Waals surface area contributed by atoms with Crippen LogP contribution in [0.15, 0.2) is 30.3 Å². The van der Waals surface area contributed by atoms with E-state index in [1.807, 2.05) is 6.92 Å². The summed E-state index contributed by atoms with van der Waals surface area (Å²) in [5.41, 5.74) is 1.22. The van der Waals surface area contributed by atoms with Crippen LogP contribution in [-0.2, 0) is 6.42 Å². The maximum absolute atomic E-state index is 15.2. The van der Waals surface area contributed by atoms with Gasteiger partial charge >= 0.3 is 5.97 Å². The highest BCUT2D eigenvalue weighted by atomic mass is 32.1. The molecule has 1 N–H and O–H groups in total. The summed E-state index contributed by atoms with van der Waals surface area (Å²) in [6.07, 6.45) is 1.44. The van der Waals surface area contributed by atoms with E-state index in [0.717, 1.165) is 29.7 Å². The van der Waals surface area contributed by atoms with E-state index in [-0.39, 0.29) is 27.9 Å². The van der Waals surface area contributed by atoms with Crippen LogP contribution in [0.4, 0.5) is 8.78 Å². The first-order valence-electron chi connectivity index (χ1n) is 7.89. The molecule has 0 amide bonds. The number of aromatic carboxylic acids is 1. The molecule has 3 aromatic rings. The zero-order valence-electron chi connectivity index (χ0n) is 13.3. The number of hydrogen-bond acceptors (Lipinski definition) is 3. The predicted molar refractivity (Wildman–Crippen MR) is 92.5 cm³/mol. The Morgan fingerprint density at radius 2 is 2.08 bits per heavy atom. The second-order valence-electron chi connectivity index (χ2n) is 6.13. The highest BCUT2D eigenvalue weighted by Gasteiger charge is 2.27. The molecule has 2 heterocycles. The molecule has 2 aromatic carbocycles. The molecule has 25 heavy (non-hydrogen) atoms. The maximum atomic E-state index is 15.2. The van der Waals surface area contributed by atoms with Gasteiger partial charge in [0.2, 0.25) is 0 Å². The van der Waals surface area contributed by atoms with E-state index in [4.69, 9.17) is 4.74 Å². The molecule has 1 aliphatic heterocycles. The van der Waals surface area contributed by atoms with Crippen LogP contribution < -0.4 is 4.74 Å². The average Bonchev–Trinajstić information content (AvgIpc) is 2.94. The topological polar surface area (TPSA) is 46.5 Å². The minimum absolute atomic E-state index is 0.0108. The number of thiophene rings is 1. The van der Waals surface area contributed by atoms with Crippen LogP contribution in [0.1, 0.15) is 28.6 Å². The van der Waals surface area contributed by atoms with Gasteiger partial charge in [-0.15, -0.1) is 11.3 Å². The van der Waals surface area contributed by atoms with Gasteiger partial charge in [-0.1, -0.05) is 12.1 Å². The van der Waals surface area contributed by atoms with Crippen molar-refractivity contribution >= 4 is 27.4 Å². The van der Waals surface area contributed by atoms with E-state index in [9.17, 15) is 14.3 Å². The molecule has 0 fully saturated rings.